The molecule has 11 heteroatoms. The van der Waals surface area contributed by atoms with E-state index in [1.165, 1.54) is 0 Å². The van der Waals surface area contributed by atoms with E-state index in [0.717, 1.165) is 18.2 Å². The van der Waals surface area contributed by atoms with Crippen molar-refractivity contribution in [3.8, 4) is 11.5 Å². The van der Waals surface area contributed by atoms with Gasteiger partial charge in [-0.25, -0.2) is 14.4 Å². The van der Waals surface area contributed by atoms with E-state index in [2.05, 4.69) is 20.0 Å². The summed E-state index contributed by atoms with van der Waals surface area (Å²) in [6.45, 7) is -1.88. The fourth-order valence-corrected chi connectivity index (χ4v) is 3.49. The number of nitrogens with one attached hydrogen (secondary N) is 1. The van der Waals surface area contributed by atoms with Crippen LogP contribution in [0.3, 0.4) is 0 Å². The van der Waals surface area contributed by atoms with Crippen LogP contribution < -0.4 is 19.7 Å². The van der Waals surface area contributed by atoms with Crippen LogP contribution in [0.5, 0.6) is 11.5 Å². The molecule has 0 radical (unpaired) electrons. The lowest BCUT2D eigenvalue weighted by molar-refractivity contribution is -0.131. The van der Waals surface area contributed by atoms with Crippen LogP contribution in [0.1, 0.15) is 12.8 Å². The van der Waals surface area contributed by atoms with Crippen LogP contribution in [0.15, 0.2) is 30.5 Å². The predicted molar refractivity (Wildman–Crippen MR) is 101 cm³/mol. The van der Waals surface area contributed by atoms with Gasteiger partial charge < -0.3 is 19.7 Å². The summed E-state index contributed by atoms with van der Waals surface area (Å²) in [5.74, 6) is -0.804. The Morgan fingerprint density at radius 1 is 1.23 bits per heavy atom. The molecule has 1 saturated heterocycles. The minimum Gasteiger partial charge on any atom is -0.486 e. The molecule has 1 aromatic carbocycles. The average Bonchev–Trinajstić information content (AvgIpc) is 2.62. The summed E-state index contributed by atoms with van der Waals surface area (Å²) in [7, 11) is 0. The highest BCUT2D eigenvalue weighted by atomic mass is 35.5. The summed E-state index contributed by atoms with van der Waals surface area (Å²) < 4.78 is 48.3. The first-order valence-electron chi connectivity index (χ1n) is 9.32. The van der Waals surface area contributed by atoms with Crippen LogP contribution in [0.2, 0.25) is 5.15 Å². The zero-order valence-electron chi connectivity index (χ0n) is 15.6. The Morgan fingerprint density at radius 2 is 2.00 bits per heavy atom. The second-order valence-electron chi connectivity index (χ2n) is 7.17. The third-order valence-corrected chi connectivity index (χ3v) is 5.21. The molecule has 0 atom stereocenters. The Hall–Kier alpha value is -2.75. The number of amides is 1. The number of alkyl halides is 2. The van der Waals surface area contributed by atoms with Crippen molar-refractivity contribution in [1.29, 1.82) is 0 Å². The fourth-order valence-electron chi connectivity index (χ4n) is 3.35. The summed E-state index contributed by atoms with van der Waals surface area (Å²) in [6, 6.07) is 4.66. The quantitative estimate of drug-likeness (QED) is 0.664. The van der Waals surface area contributed by atoms with Gasteiger partial charge in [0.1, 0.15) is 17.1 Å². The van der Waals surface area contributed by atoms with E-state index in [0.29, 0.717) is 37.0 Å². The lowest BCUT2D eigenvalue weighted by atomic mass is 9.81. The zero-order chi connectivity index (χ0) is 21.3. The first-order valence-corrected chi connectivity index (χ1v) is 9.70. The highest BCUT2D eigenvalue weighted by Gasteiger charge is 2.39. The number of rotatable bonds is 7. The number of anilines is 1. The first-order chi connectivity index (χ1) is 14.4. The van der Waals surface area contributed by atoms with Crippen LogP contribution in [0.25, 0.3) is 0 Å². The van der Waals surface area contributed by atoms with Gasteiger partial charge in [0, 0.05) is 31.3 Å². The van der Waals surface area contributed by atoms with Crippen molar-refractivity contribution < 1.29 is 27.4 Å². The maximum atomic E-state index is 13.4. The number of carbonyl (C=O) groups is 1. The van der Waals surface area contributed by atoms with Gasteiger partial charge in [-0.1, -0.05) is 11.6 Å². The summed E-state index contributed by atoms with van der Waals surface area (Å²) in [4.78, 5) is 22.5. The van der Waals surface area contributed by atoms with E-state index in [4.69, 9.17) is 16.3 Å². The number of hydrogen-bond donors (Lipinski definition) is 1. The Morgan fingerprint density at radius 3 is 2.70 bits per heavy atom. The summed E-state index contributed by atoms with van der Waals surface area (Å²) in [6.07, 6.45) is 2.01. The molecule has 7 nitrogen and oxygen atoms in total. The lowest BCUT2D eigenvalue weighted by Crippen LogP contribution is -2.61. The SMILES string of the molecule is O=C(NC1CN(c2nccc(Cl)n2)C1)C1CC(Oc2cc(F)ccc2OC(F)F)C1. The zero-order valence-corrected chi connectivity index (χ0v) is 16.4. The van der Waals surface area contributed by atoms with Gasteiger partial charge in [-0.3, -0.25) is 4.79 Å². The second-order valence-corrected chi connectivity index (χ2v) is 7.55. The number of halogens is 4. The van der Waals surface area contributed by atoms with Crippen molar-refractivity contribution in [1.82, 2.24) is 15.3 Å². The van der Waals surface area contributed by atoms with Gasteiger partial charge in [0.25, 0.3) is 0 Å². The number of benzene rings is 1. The number of hydrogen-bond acceptors (Lipinski definition) is 6. The number of carbonyl (C=O) groups excluding carboxylic acids is 1. The summed E-state index contributed by atoms with van der Waals surface area (Å²) >= 11 is 5.85. The van der Waals surface area contributed by atoms with E-state index < -0.39 is 12.4 Å². The maximum absolute atomic E-state index is 13.4. The summed E-state index contributed by atoms with van der Waals surface area (Å²) in [5, 5.41) is 3.31. The molecule has 4 rings (SSSR count). The third-order valence-electron chi connectivity index (χ3n) is 5.00. The molecule has 160 valence electrons. The van der Waals surface area contributed by atoms with Gasteiger partial charge >= 0.3 is 6.61 Å². The molecule has 0 unspecified atom stereocenters. The monoisotopic (exact) mass is 442 g/mol. The predicted octanol–water partition coefficient (Wildman–Crippen LogP) is 3.03. The number of aromatic nitrogens is 2. The second kappa shape index (κ2) is 8.55. The Balaban J connectivity index is 1.23. The van der Waals surface area contributed by atoms with Crippen LogP contribution in [-0.4, -0.2) is 47.7 Å². The van der Waals surface area contributed by atoms with Gasteiger partial charge in [0.05, 0.1) is 6.04 Å². The molecule has 2 aliphatic rings. The Kier molecular flexibility index (Phi) is 5.85. The van der Waals surface area contributed by atoms with Crippen LogP contribution in [0, 0.1) is 11.7 Å². The van der Waals surface area contributed by atoms with E-state index in [1.54, 1.807) is 12.3 Å². The molecule has 0 bridgehead atoms. The van der Waals surface area contributed by atoms with Crippen LogP contribution in [0.4, 0.5) is 19.1 Å². The molecule has 1 amide bonds. The maximum Gasteiger partial charge on any atom is 0.387 e. The van der Waals surface area contributed by atoms with Crippen LogP contribution >= 0.6 is 11.6 Å². The smallest absolute Gasteiger partial charge is 0.387 e. The van der Waals surface area contributed by atoms with Crippen molar-refractivity contribution in [3.05, 3.63) is 41.4 Å². The van der Waals surface area contributed by atoms with Gasteiger partial charge in [-0.15, -0.1) is 0 Å². The van der Waals surface area contributed by atoms with Crippen molar-refractivity contribution in [3.63, 3.8) is 0 Å². The largest absolute Gasteiger partial charge is 0.486 e. The van der Waals surface area contributed by atoms with Crippen molar-refractivity contribution >= 4 is 23.5 Å². The van der Waals surface area contributed by atoms with Gasteiger partial charge in [-0.2, -0.15) is 8.78 Å². The van der Waals surface area contributed by atoms with E-state index in [1.807, 2.05) is 4.90 Å². The first kappa shape index (κ1) is 20.5. The van der Waals surface area contributed by atoms with Gasteiger partial charge in [0.15, 0.2) is 11.5 Å². The van der Waals surface area contributed by atoms with Crippen molar-refractivity contribution in [2.75, 3.05) is 18.0 Å². The molecule has 2 fully saturated rings. The lowest BCUT2D eigenvalue weighted by Gasteiger charge is -2.41. The van der Waals surface area contributed by atoms with Gasteiger partial charge in [-0.05, 0) is 31.0 Å². The van der Waals surface area contributed by atoms with Gasteiger partial charge in [0.2, 0.25) is 11.9 Å². The van der Waals surface area contributed by atoms with Crippen molar-refractivity contribution in [2.45, 2.75) is 31.6 Å². The molecule has 2 heterocycles. The van der Waals surface area contributed by atoms with E-state index >= 15 is 0 Å². The average molecular weight is 443 g/mol. The fraction of sp³-hybridized carbons (Fsp3) is 0.421. The molecular weight excluding hydrogens is 425 g/mol. The third kappa shape index (κ3) is 4.69. The molecule has 1 saturated carbocycles. The molecule has 1 N–H and O–H groups in total. The molecule has 30 heavy (non-hydrogen) atoms. The standard InChI is InChI=1S/C19H18ClF3N4O3/c20-16-3-4-24-19(26-16)27-8-12(9-27)25-17(28)10-5-13(6-10)29-15-7-11(21)1-2-14(15)30-18(22)23/h1-4,7,10,12-13,18H,5-6,8-9H2,(H,25,28). The minimum atomic E-state index is -3.04. The Bertz CT molecular complexity index is 924. The molecule has 2 aromatic rings. The minimum absolute atomic E-state index is 0.0192. The topological polar surface area (TPSA) is 76.6 Å². The molecule has 1 aromatic heterocycles. The number of nitrogens with zero attached hydrogens (tertiary/aromatic N) is 3. The molecule has 1 aliphatic heterocycles. The number of ether oxygens (including phenoxy) is 2. The molecule has 1 aliphatic carbocycles. The Labute approximate surface area is 175 Å². The molecule has 0 spiro atoms. The van der Waals surface area contributed by atoms with Crippen molar-refractivity contribution in [2.24, 2.45) is 5.92 Å². The highest BCUT2D eigenvalue weighted by molar-refractivity contribution is 6.29. The van der Waals surface area contributed by atoms with E-state index in [-0.39, 0.29) is 35.5 Å². The normalized spacial score (nSPS) is 21.0. The highest BCUT2D eigenvalue weighted by Crippen LogP contribution is 2.36. The molecular formula is C19H18ClF3N4O3. The summed E-state index contributed by atoms with van der Waals surface area (Å²) in [5.41, 5.74) is 0. The van der Waals surface area contributed by atoms with Crippen LogP contribution in [-0.2, 0) is 4.79 Å². The van der Waals surface area contributed by atoms with E-state index in [9.17, 15) is 18.0 Å².